The van der Waals surface area contributed by atoms with E-state index in [0.29, 0.717) is 4.90 Å². The molecule has 0 saturated carbocycles. The number of nitrogen functional groups attached to an aromatic ring is 1. The fourth-order valence-electron chi connectivity index (χ4n) is 4.51. The average molecular weight is 801 g/mol. The summed E-state index contributed by atoms with van der Waals surface area (Å²) in [5, 5.41) is 23.5. The Kier molecular flexibility index (Phi) is 13.3. The number of ether oxygens (including phenoxy) is 1. The largest absolute Gasteiger partial charge is 0.481 e. The number of aliphatic hydroxyl groups is 2. The van der Waals surface area contributed by atoms with Gasteiger partial charge in [-0.15, -0.1) is 0 Å². The zero-order valence-corrected chi connectivity index (χ0v) is 30.1. The van der Waals surface area contributed by atoms with Gasteiger partial charge in [0.2, 0.25) is 5.91 Å². The molecule has 3 heterocycles. The number of carbonyl (C=O) groups excluding carboxylic acids is 2. The van der Waals surface area contributed by atoms with Gasteiger partial charge < -0.3 is 45.6 Å². The van der Waals surface area contributed by atoms with Crippen LogP contribution >= 0.6 is 35.2 Å². The number of imidazole rings is 1. The maximum Gasteiger partial charge on any atom is 0.481 e. The van der Waals surface area contributed by atoms with Crippen LogP contribution in [0.3, 0.4) is 0 Å². The lowest BCUT2D eigenvalue weighted by Gasteiger charge is -2.30. The van der Waals surface area contributed by atoms with Crippen LogP contribution in [-0.2, 0) is 45.9 Å². The molecule has 7 atom stereocenters. The molecule has 4 rings (SSSR count). The summed E-state index contributed by atoms with van der Waals surface area (Å²) < 4.78 is 62.0. The van der Waals surface area contributed by atoms with E-state index in [9.17, 15) is 53.1 Å². The van der Waals surface area contributed by atoms with Gasteiger partial charge in [-0.3, -0.25) is 27.7 Å². The van der Waals surface area contributed by atoms with Crippen LogP contribution in [-0.4, -0.2) is 105 Å². The standard InChI is InChI=1S/C25H35N6O16P3S/c1-25(2,20(34)23(35)27-9-8-16(32)51-14-6-4-3-5-7-14)11-44-50(41,42)47-49(39,40)43-10-15-19(46-48(36,37)38)18(33)24(45-15)31-13-30-17-21(26)28-12-29-22(17)31/h3-7,12-13,15,18-20,24,33-34H,8-11H2,1-2H3,(H,27,35)(H,39,40)(H,41,42)(H2,26,28,29)(H2,36,37,38)/t15-,18-,19-,20+,24-/m1/s1. The molecule has 51 heavy (non-hydrogen) atoms. The summed E-state index contributed by atoms with van der Waals surface area (Å²) in [4.78, 5) is 76.2. The fraction of sp³-hybridized carbons (Fsp3) is 0.480. The van der Waals surface area contributed by atoms with Crippen molar-refractivity contribution in [2.75, 3.05) is 25.5 Å². The molecule has 26 heteroatoms. The highest BCUT2D eigenvalue weighted by atomic mass is 32.2. The van der Waals surface area contributed by atoms with E-state index in [0.717, 1.165) is 29.0 Å². The first kappa shape index (κ1) is 41.1. The normalized spacial score (nSPS) is 22.7. The highest BCUT2D eigenvalue weighted by Crippen LogP contribution is 2.61. The van der Waals surface area contributed by atoms with Crippen LogP contribution in [0.5, 0.6) is 0 Å². The van der Waals surface area contributed by atoms with Crippen LogP contribution in [0.4, 0.5) is 5.82 Å². The highest BCUT2D eigenvalue weighted by Gasteiger charge is 2.50. The molecule has 9 N–H and O–H groups in total. The Labute approximate surface area is 293 Å². The van der Waals surface area contributed by atoms with Gasteiger partial charge in [-0.25, -0.2) is 28.6 Å². The fourth-order valence-corrected chi connectivity index (χ4v) is 8.10. The van der Waals surface area contributed by atoms with Crippen LogP contribution in [0.1, 0.15) is 26.5 Å². The molecular formula is C25H35N6O16P3S. The number of aliphatic hydroxyl groups excluding tert-OH is 2. The number of phosphoric acid groups is 3. The van der Waals surface area contributed by atoms with Gasteiger partial charge in [0.25, 0.3) is 0 Å². The lowest BCUT2D eigenvalue weighted by Crippen LogP contribution is -2.46. The summed E-state index contributed by atoms with van der Waals surface area (Å²) in [6.45, 7) is 0.442. The summed E-state index contributed by atoms with van der Waals surface area (Å²) in [6.07, 6.45) is -6.71. The van der Waals surface area contributed by atoms with Crippen LogP contribution < -0.4 is 11.1 Å². The number of amides is 1. The summed E-state index contributed by atoms with van der Waals surface area (Å²) in [5.41, 5.74) is 4.31. The third kappa shape index (κ3) is 11.4. The van der Waals surface area contributed by atoms with Gasteiger partial charge in [-0.2, -0.15) is 4.31 Å². The summed E-state index contributed by atoms with van der Waals surface area (Å²) >= 11 is 0.971. The van der Waals surface area contributed by atoms with E-state index in [1.54, 1.807) is 30.3 Å². The Balaban J connectivity index is 1.31. The van der Waals surface area contributed by atoms with E-state index >= 15 is 0 Å². The first-order valence-corrected chi connectivity index (χ1v) is 19.9. The molecule has 3 aromatic rings. The molecule has 1 amide bonds. The lowest BCUT2D eigenvalue weighted by atomic mass is 9.87. The molecule has 282 valence electrons. The summed E-state index contributed by atoms with van der Waals surface area (Å²) in [7, 11) is -16.3. The lowest BCUT2D eigenvalue weighted by molar-refractivity contribution is -0.136. The van der Waals surface area contributed by atoms with Crippen molar-refractivity contribution in [2.45, 2.75) is 55.8 Å². The van der Waals surface area contributed by atoms with Gasteiger partial charge in [0.15, 0.2) is 22.8 Å². The number of nitrogens with one attached hydrogen (secondary N) is 1. The van der Waals surface area contributed by atoms with Gasteiger partial charge in [-0.1, -0.05) is 43.8 Å². The Morgan fingerprint density at radius 1 is 1.08 bits per heavy atom. The van der Waals surface area contributed by atoms with Crippen molar-refractivity contribution in [3.8, 4) is 0 Å². The van der Waals surface area contributed by atoms with E-state index in [1.165, 1.54) is 13.8 Å². The third-order valence-corrected chi connectivity index (χ3v) is 11.1. The van der Waals surface area contributed by atoms with E-state index in [-0.39, 0.29) is 35.1 Å². The second-order valence-corrected chi connectivity index (χ2v) is 16.9. The predicted molar refractivity (Wildman–Crippen MR) is 174 cm³/mol. The maximum atomic E-state index is 12.6. The summed E-state index contributed by atoms with van der Waals surface area (Å²) in [5.74, 6) is -0.971. The zero-order valence-electron chi connectivity index (χ0n) is 26.6. The first-order chi connectivity index (χ1) is 23.7. The Morgan fingerprint density at radius 3 is 2.41 bits per heavy atom. The first-order valence-electron chi connectivity index (χ1n) is 14.6. The number of thioether (sulfide) groups is 1. The average Bonchev–Trinajstić information content (AvgIpc) is 3.59. The van der Waals surface area contributed by atoms with Crippen molar-refractivity contribution >= 4 is 63.2 Å². The minimum Gasteiger partial charge on any atom is -0.386 e. The van der Waals surface area contributed by atoms with Gasteiger partial charge in [0, 0.05) is 23.3 Å². The van der Waals surface area contributed by atoms with E-state index in [4.69, 9.17) is 19.5 Å². The van der Waals surface area contributed by atoms with Crippen LogP contribution in [0.25, 0.3) is 11.2 Å². The van der Waals surface area contributed by atoms with Crippen molar-refractivity contribution in [3.63, 3.8) is 0 Å². The van der Waals surface area contributed by atoms with Crippen LogP contribution in [0, 0.1) is 5.41 Å². The zero-order chi connectivity index (χ0) is 37.8. The molecule has 2 unspecified atom stereocenters. The van der Waals surface area contributed by atoms with E-state index in [1.807, 2.05) is 0 Å². The molecule has 1 aromatic carbocycles. The Morgan fingerprint density at radius 2 is 1.75 bits per heavy atom. The third-order valence-electron chi connectivity index (χ3n) is 7.03. The Bertz CT molecular complexity index is 1850. The number of hydrogen-bond acceptors (Lipinski definition) is 17. The maximum absolute atomic E-state index is 12.6. The topological polar surface area (TPSA) is 335 Å². The minimum atomic E-state index is -5.55. The van der Waals surface area contributed by atoms with Crippen LogP contribution in [0.15, 0.2) is 47.9 Å². The number of aromatic nitrogens is 4. The quantitative estimate of drug-likeness (QED) is 0.0684. The molecule has 0 radical (unpaired) electrons. The smallest absolute Gasteiger partial charge is 0.386 e. The van der Waals surface area contributed by atoms with Crippen molar-refractivity contribution in [3.05, 3.63) is 43.0 Å². The number of nitrogens with zero attached hydrogens (tertiary/aromatic N) is 4. The molecule has 1 aliphatic rings. The van der Waals surface area contributed by atoms with Gasteiger partial charge in [-0.05, 0) is 12.1 Å². The van der Waals surface area contributed by atoms with Crippen molar-refractivity contribution in [1.29, 1.82) is 0 Å². The molecule has 1 aliphatic heterocycles. The second-order valence-electron chi connectivity index (χ2n) is 11.5. The molecule has 1 saturated heterocycles. The monoisotopic (exact) mass is 800 g/mol. The number of hydrogen-bond donors (Lipinski definition) is 8. The van der Waals surface area contributed by atoms with Gasteiger partial charge >= 0.3 is 23.5 Å². The molecule has 2 aromatic heterocycles. The molecule has 1 fully saturated rings. The van der Waals surface area contributed by atoms with E-state index < -0.39 is 78.6 Å². The molecule has 22 nitrogen and oxygen atoms in total. The molecular weight excluding hydrogens is 765 g/mol. The Hall–Kier alpha value is -2.69. The van der Waals surface area contributed by atoms with E-state index in [2.05, 4.69) is 29.1 Å². The van der Waals surface area contributed by atoms with Crippen molar-refractivity contribution < 1.29 is 75.7 Å². The molecule has 0 bridgehead atoms. The predicted octanol–water partition coefficient (Wildman–Crippen LogP) is 0.608. The SMILES string of the molecule is CC(C)(COP(=O)(O)OP(=O)(O)OC[C@H]1O[C@@H](n2cnc3c(N)ncnc32)[C@H](O)[C@@H]1OP(=O)(O)O)[C@@H](O)C(=O)NCCC(=O)Sc1ccccc1. The number of benzene rings is 1. The van der Waals surface area contributed by atoms with Gasteiger partial charge in [0.05, 0.1) is 19.5 Å². The highest BCUT2D eigenvalue weighted by molar-refractivity contribution is 8.13. The number of rotatable bonds is 17. The number of nitrogens with two attached hydrogens (primary N) is 1. The summed E-state index contributed by atoms with van der Waals surface area (Å²) in [6, 6.07) is 8.78. The van der Waals surface area contributed by atoms with Crippen LogP contribution in [0.2, 0.25) is 0 Å². The minimum absolute atomic E-state index is 0.0357. The van der Waals surface area contributed by atoms with Crippen molar-refractivity contribution in [1.82, 2.24) is 24.8 Å². The van der Waals surface area contributed by atoms with Gasteiger partial charge in [0.1, 0.15) is 36.3 Å². The number of carbonyl (C=O) groups is 2. The second kappa shape index (κ2) is 16.5. The number of phosphoric ester groups is 3. The number of anilines is 1. The molecule has 0 aliphatic carbocycles. The number of fused-ring (bicyclic) bond motifs is 1. The van der Waals surface area contributed by atoms with Crippen molar-refractivity contribution in [2.24, 2.45) is 5.41 Å². The molecule has 0 spiro atoms.